The second-order valence-corrected chi connectivity index (χ2v) is 5.15. The second-order valence-electron chi connectivity index (χ2n) is 4.71. The molecule has 0 atom stereocenters. The zero-order valence-corrected chi connectivity index (χ0v) is 12.9. The zero-order valence-electron chi connectivity index (χ0n) is 12.1. The lowest BCUT2D eigenvalue weighted by molar-refractivity contribution is 0.0474. The van der Waals surface area contributed by atoms with E-state index in [9.17, 15) is 4.79 Å². The van der Waals surface area contributed by atoms with Crippen LogP contribution in [-0.4, -0.2) is 23.8 Å². The van der Waals surface area contributed by atoms with Gasteiger partial charge in [0.15, 0.2) is 0 Å². The summed E-state index contributed by atoms with van der Waals surface area (Å²) in [5, 5.41) is 0.675. The maximum atomic E-state index is 11.9. The summed E-state index contributed by atoms with van der Waals surface area (Å²) in [5.74, 6) is 0.445. The Morgan fingerprint density at radius 1 is 1.14 bits per heavy atom. The van der Waals surface area contributed by atoms with Gasteiger partial charge in [0.2, 0.25) is 0 Å². The monoisotopic (exact) mass is 307 g/mol. The Hall–Kier alpha value is -1.94. The molecule has 0 aliphatic carbocycles. The number of nitrogens with zero attached hydrogens (tertiary/aromatic N) is 1. The van der Waals surface area contributed by atoms with Crippen LogP contribution in [-0.2, 0) is 11.8 Å². The first-order chi connectivity index (χ1) is 10.1. The Labute approximate surface area is 129 Å². The third kappa shape index (κ3) is 4.26. The molecule has 0 N–H and O–H groups in total. The van der Waals surface area contributed by atoms with Crippen LogP contribution in [0.4, 0.5) is 0 Å². The Morgan fingerprint density at radius 3 is 2.48 bits per heavy atom. The maximum absolute atomic E-state index is 11.9. The molecule has 0 radical (unpaired) electrons. The number of carbonyl (C=O) groups is 1. The lowest BCUT2D eigenvalue weighted by Gasteiger charge is -2.08. The third-order valence-electron chi connectivity index (χ3n) is 3.19. The molecule has 0 saturated carbocycles. The zero-order chi connectivity index (χ0) is 15.2. The fourth-order valence-corrected chi connectivity index (χ4v) is 1.96. The van der Waals surface area contributed by atoms with Gasteiger partial charge in [-0.15, -0.1) is 0 Å². The van der Waals surface area contributed by atoms with E-state index in [1.807, 2.05) is 24.6 Å². The fourth-order valence-electron chi connectivity index (χ4n) is 1.84. The minimum absolute atomic E-state index is 0.308. The predicted molar refractivity (Wildman–Crippen MR) is 82.0 cm³/mol. The Balaban J connectivity index is 1.69. The van der Waals surface area contributed by atoms with Crippen LogP contribution in [0.1, 0.15) is 22.6 Å². The molecule has 0 aliphatic heterocycles. The SMILES string of the molecule is Cc1ccc(C(=O)OCCCOc2ccc(Cl)cc2)n1C. The number of halogens is 1. The highest BCUT2D eigenvalue weighted by atomic mass is 35.5. The summed E-state index contributed by atoms with van der Waals surface area (Å²) in [6.45, 7) is 2.76. The van der Waals surface area contributed by atoms with Crippen molar-refractivity contribution in [2.45, 2.75) is 13.3 Å². The number of aromatic nitrogens is 1. The van der Waals surface area contributed by atoms with Crippen molar-refractivity contribution in [3.63, 3.8) is 0 Å². The standard InChI is InChI=1S/C16H18ClNO3/c1-12-4-9-15(18(12)2)16(19)21-11-3-10-20-14-7-5-13(17)6-8-14/h4-9H,3,10-11H2,1-2H3. The number of carbonyl (C=O) groups excluding carboxylic acids is 1. The minimum atomic E-state index is -0.308. The van der Waals surface area contributed by atoms with Crippen LogP contribution in [0.5, 0.6) is 5.75 Å². The molecule has 1 aromatic heterocycles. The van der Waals surface area contributed by atoms with E-state index in [0.717, 1.165) is 11.4 Å². The van der Waals surface area contributed by atoms with Crippen molar-refractivity contribution < 1.29 is 14.3 Å². The van der Waals surface area contributed by atoms with Gasteiger partial charge in [-0.05, 0) is 43.3 Å². The Morgan fingerprint density at radius 2 is 1.86 bits per heavy atom. The Kier molecular flexibility index (Phi) is 5.28. The Bertz CT molecular complexity index is 604. The number of benzene rings is 1. The molecule has 2 aromatic rings. The highest BCUT2D eigenvalue weighted by Gasteiger charge is 2.11. The molecule has 0 amide bonds. The topological polar surface area (TPSA) is 40.5 Å². The van der Waals surface area contributed by atoms with E-state index < -0.39 is 0 Å². The van der Waals surface area contributed by atoms with Crippen molar-refractivity contribution in [3.8, 4) is 5.75 Å². The minimum Gasteiger partial charge on any atom is -0.493 e. The molecule has 0 spiro atoms. The summed E-state index contributed by atoms with van der Waals surface area (Å²) in [4.78, 5) is 11.9. The van der Waals surface area contributed by atoms with E-state index in [0.29, 0.717) is 30.4 Å². The molecule has 0 aliphatic rings. The molecular formula is C16H18ClNO3. The average Bonchev–Trinajstić information content (AvgIpc) is 2.80. The highest BCUT2D eigenvalue weighted by Crippen LogP contribution is 2.15. The third-order valence-corrected chi connectivity index (χ3v) is 3.44. The van der Waals surface area contributed by atoms with Crippen LogP contribution in [0, 0.1) is 6.92 Å². The van der Waals surface area contributed by atoms with E-state index >= 15 is 0 Å². The summed E-state index contributed by atoms with van der Waals surface area (Å²) in [6.07, 6.45) is 0.637. The van der Waals surface area contributed by atoms with Gasteiger partial charge in [-0.25, -0.2) is 4.79 Å². The fraction of sp³-hybridized carbons (Fsp3) is 0.312. The van der Waals surface area contributed by atoms with E-state index in [-0.39, 0.29) is 5.97 Å². The van der Waals surface area contributed by atoms with E-state index in [2.05, 4.69) is 0 Å². The van der Waals surface area contributed by atoms with Gasteiger partial charge in [0, 0.05) is 24.2 Å². The first-order valence-electron chi connectivity index (χ1n) is 6.76. The molecule has 21 heavy (non-hydrogen) atoms. The van der Waals surface area contributed by atoms with Gasteiger partial charge >= 0.3 is 5.97 Å². The van der Waals surface area contributed by atoms with Crippen LogP contribution in [0.25, 0.3) is 0 Å². The van der Waals surface area contributed by atoms with Crippen molar-refractivity contribution in [1.82, 2.24) is 4.57 Å². The second kappa shape index (κ2) is 7.18. The normalized spacial score (nSPS) is 10.4. The van der Waals surface area contributed by atoms with Gasteiger partial charge in [0.05, 0.1) is 13.2 Å². The van der Waals surface area contributed by atoms with Crippen LogP contribution in [0.3, 0.4) is 0 Å². The predicted octanol–water partition coefficient (Wildman–Crippen LogP) is 3.61. The van der Waals surface area contributed by atoms with Crippen LogP contribution >= 0.6 is 11.6 Å². The first kappa shape index (κ1) is 15.4. The van der Waals surface area contributed by atoms with Gasteiger partial charge in [0.1, 0.15) is 11.4 Å². The number of esters is 1. The van der Waals surface area contributed by atoms with Gasteiger partial charge in [-0.3, -0.25) is 0 Å². The molecular weight excluding hydrogens is 290 g/mol. The number of hydrogen-bond acceptors (Lipinski definition) is 3. The van der Waals surface area contributed by atoms with Crippen molar-refractivity contribution in [1.29, 1.82) is 0 Å². The van der Waals surface area contributed by atoms with Crippen LogP contribution in [0.15, 0.2) is 36.4 Å². The van der Waals surface area contributed by atoms with E-state index in [1.54, 1.807) is 30.3 Å². The molecule has 0 saturated heterocycles. The quantitative estimate of drug-likeness (QED) is 0.604. The number of ether oxygens (including phenoxy) is 2. The summed E-state index contributed by atoms with van der Waals surface area (Å²) in [7, 11) is 1.84. The molecule has 1 aromatic carbocycles. The van der Waals surface area contributed by atoms with Crippen LogP contribution < -0.4 is 4.74 Å². The number of hydrogen-bond donors (Lipinski definition) is 0. The highest BCUT2D eigenvalue weighted by molar-refractivity contribution is 6.30. The molecule has 5 heteroatoms. The molecule has 1 heterocycles. The molecule has 112 valence electrons. The van der Waals surface area contributed by atoms with E-state index in [1.165, 1.54) is 0 Å². The van der Waals surface area contributed by atoms with Crippen molar-refractivity contribution in [2.75, 3.05) is 13.2 Å². The number of rotatable bonds is 6. The molecule has 0 unspecified atom stereocenters. The summed E-state index contributed by atoms with van der Waals surface area (Å²) < 4.78 is 12.6. The van der Waals surface area contributed by atoms with Gasteiger partial charge < -0.3 is 14.0 Å². The van der Waals surface area contributed by atoms with Gasteiger partial charge in [0.25, 0.3) is 0 Å². The lowest BCUT2D eigenvalue weighted by Crippen LogP contribution is -2.12. The molecule has 0 bridgehead atoms. The maximum Gasteiger partial charge on any atom is 0.354 e. The summed E-state index contributed by atoms with van der Waals surface area (Å²) >= 11 is 5.79. The number of aryl methyl sites for hydroxylation is 1. The van der Waals surface area contributed by atoms with Gasteiger partial charge in [-0.1, -0.05) is 11.6 Å². The average molecular weight is 308 g/mol. The molecule has 0 fully saturated rings. The van der Waals surface area contributed by atoms with Crippen molar-refractivity contribution in [3.05, 3.63) is 52.8 Å². The largest absolute Gasteiger partial charge is 0.493 e. The summed E-state index contributed by atoms with van der Waals surface area (Å²) in [5.41, 5.74) is 1.58. The lowest BCUT2D eigenvalue weighted by atomic mass is 10.3. The smallest absolute Gasteiger partial charge is 0.354 e. The van der Waals surface area contributed by atoms with Crippen molar-refractivity contribution in [2.24, 2.45) is 7.05 Å². The molecule has 2 rings (SSSR count). The van der Waals surface area contributed by atoms with E-state index in [4.69, 9.17) is 21.1 Å². The summed E-state index contributed by atoms with van der Waals surface area (Å²) in [6, 6.07) is 10.8. The van der Waals surface area contributed by atoms with Gasteiger partial charge in [-0.2, -0.15) is 0 Å². The van der Waals surface area contributed by atoms with Crippen LogP contribution in [0.2, 0.25) is 5.02 Å². The van der Waals surface area contributed by atoms with Crippen molar-refractivity contribution >= 4 is 17.6 Å². The first-order valence-corrected chi connectivity index (χ1v) is 7.13. The molecule has 4 nitrogen and oxygen atoms in total.